The molecule has 2 saturated heterocycles. The summed E-state index contributed by atoms with van der Waals surface area (Å²) in [6.45, 7) is 1.76. The number of nitrogens with zero attached hydrogens (tertiary/aromatic N) is 1. The molecule has 2 amide bonds. The Labute approximate surface area is 74.9 Å². The minimum atomic E-state index is -0.926. The second-order valence-corrected chi connectivity index (χ2v) is 3.57. The lowest BCUT2D eigenvalue weighted by Gasteiger charge is -2.50. The van der Waals surface area contributed by atoms with Gasteiger partial charge in [-0.05, 0) is 0 Å². The summed E-state index contributed by atoms with van der Waals surface area (Å²) in [6, 6.07) is 0. The topological polar surface area (TPSA) is 81.7 Å². The monoisotopic (exact) mass is 185 g/mol. The van der Waals surface area contributed by atoms with E-state index >= 15 is 0 Å². The normalized spacial score (nSPS) is 25.2. The van der Waals surface area contributed by atoms with Gasteiger partial charge in [-0.3, -0.25) is 4.79 Å². The van der Waals surface area contributed by atoms with Gasteiger partial charge in [0.05, 0.1) is 25.2 Å². The fourth-order valence-corrected chi connectivity index (χ4v) is 1.81. The van der Waals surface area contributed by atoms with Crippen LogP contribution in [0.15, 0.2) is 0 Å². The summed E-state index contributed by atoms with van der Waals surface area (Å²) >= 11 is 0. The number of likely N-dealkylation sites (tertiary alicyclic amines) is 1. The van der Waals surface area contributed by atoms with Crippen LogP contribution in [0.1, 0.15) is 0 Å². The standard InChI is InChI=1S/C7H11N3O3/c11-5-1-8-2-7(9-5)3-10(4-7)6(12)13/h8H,1-4H2,(H,9,11)(H,12,13). The lowest BCUT2D eigenvalue weighted by atomic mass is 9.88. The van der Waals surface area contributed by atoms with Crippen LogP contribution in [0, 0.1) is 0 Å². The van der Waals surface area contributed by atoms with Crippen molar-refractivity contribution < 1.29 is 14.7 Å². The fourth-order valence-electron chi connectivity index (χ4n) is 1.81. The number of amides is 2. The smallest absolute Gasteiger partial charge is 0.407 e. The van der Waals surface area contributed by atoms with E-state index in [1.165, 1.54) is 4.90 Å². The second-order valence-electron chi connectivity index (χ2n) is 3.57. The van der Waals surface area contributed by atoms with Gasteiger partial charge >= 0.3 is 6.09 Å². The van der Waals surface area contributed by atoms with Crippen molar-refractivity contribution in [2.45, 2.75) is 5.54 Å². The van der Waals surface area contributed by atoms with E-state index in [0.29, 0.717) is 26.2 Å². The maximum Gasteiger partial charge on any atom is 0.407 e. The number of piperazine rings is 1. The molecule has 0 saturated carbocycles. The Morgan fingerprint density at radius 3 is 2.77 bits per heavy atom. The molecule has 0 bridgehead atoms. The summed E-state index contributed by atoms with van der Waals surface area (Å²) < 4.78 is 0. The Morgan fingerprint density at radius 1 is 1.54 bits per heavy atom. The molecule has 0 radical (unpaired) electrons. The number of carbonyl (C=O) groups excluding carboxylic acids is 1. The molecule has 2 fully saturated rings. The molecule has 0 aromatic rings. The van der Waals surface area contributed by atoms with Gasteiger partial charge in [0.15, 0.2) is 0 Å². The molecule has 2 rings (SSSR count). The van der Waals surface area contributed by atoms with Crippen LogP contribution in [0.25, 0.3) is 0 Å². The highest BCUT2D eigenvalue weighted by Gasteiger charge is 2.47. The second kappa shape index (κ2) is 2.59. The Balaban J connectivity index is 1.95. The van der Waals surface area contributed by atoms with Crippen LogP contribution in [0.5, 0.6) is 0 Å². The van der Waals surface area contributed by atoms with Crippen LogP contribution in [0.4, 0.5) is 4.79 Å². The molecule has 1 spiro atoms. The number of carbonyl (C=O) groups is 2. The van der Waals surface area contributed by atoms with Gasteiger partial charge in [0, 0.05) is 6.54 Å². The van der Waals surface area contributed by atoms with Crippen molar-refractivity contribution in [2.75, 3.05) is 26.2 Å². The van der Waals surface area contributed by atoms with Gasteiger partial charge in [-0.15, -0.1) is 0 Å². The predicted molar refractivity (Wildman–Crippen MR) is 43.3 cm³/mol. The van der Waals surface area contributed by atoms with E-state index in [2.05, 4.69) is 10.6 Å². The zero-order chi connectivity index (χ0) is 9.47. The summed E-state index contributed by atoms with van der Waals surface area (Å²) in [5.41, 5.74) is -0.340. The van der Waals surface area contributed by atoms with Crippen molar-refractivity contribution in [3.63, 3.8) is 0 Å². The lowest BCUT2D eigenvalue weighted by molar-refractivity contribution is -0.126. The van der Waals surface area contributed by atoms with E-state index in [1.807, 2.05) is 0 Å². The van der Waals surface area contributed by atoms with E-state index in [0.717, 1.165) is 0 Å². The van der Waals surface area contributed by atoms with E-state index < -0.39 is 6.09 Å². The van der Waals surface area contributed by atoms with Crippen LogP contribution >= 0.6 is 0 Å². The minimum absolute atomic E-state index is 0.0590. The maximum atomic E-state index is 11.0. The summed E-state index contributed by atoms with van der Waals surface area (Å²) in [5.74, 6) is -0.0590. The van der Waals surface area contributed by atoms with Crippen molar-refractivity contribution in [3.8, 4) is 0 Å². The molecule has 0 aromatic heterocycles. The van der Waals surface area contributed by atoms with Crippen molar-refractivity contribution in [1.82, 2.24) is 15.5 Å². The van der Waals surface area contributed by atoms with E-state index in [1.54, 1.807) is 0 Å². The molecule has 0 aromatic carbocycles. The fraction of sp³-hybridized carbons (Fsp3) is 0.714. The molecule has 2 aliphatic rings. The number of hydrogen-bond donors (Lipinski definition) is 3. The Morgan fingerprint density at radius 2 is 2.23 bits per heavy atom. The predicted octanol–water partition coefficient (Wildman–Crippen LogP) is -1.56. The highest BCUT2D eigenvalue weighted by atomic mass is 16.4. The number of rotatable bonds is 0. The molecule has 3 N–H and O–H groups in total. The van der Waals surface area contributed by atoms with Crippen LogP contribution in [-0.4, -0.2) is 53.7 Å². The third-order valence-electron chi connectivity index (χ3n) is 2.41. The van der Waals surface area contributed by atoms with E-state index in [-0.39, 0.29) is 11.4 Å². The zero-order valence-corrected chi connectivity index (χ0v) is 7.04. The lowest BCUT2D eigenvalue weighted by Crippen LogP contribution is -2.77. The number of nitrogens with one attached hydrogen (secondary N) is 2. The van der Waals surface area contributed by atoms with Crippen LogP contribution in [-0.2, 0) is 4.79 Å². The summed E-state index contributed by atoms with van der Waals surface area (Å²) in [6.07, 6.45) is -0.926. The van der Waals surface area contributed by atoms with Gasteiger partial charge in [0.25, 0.3) is 0 Å². The molecular formula is C7H11N3O3. The van der Waals surface area contributed by atoms with Crippen molar-refractivity contribution in [2.24, 2.45) is 0 Å². The number of hydrogen-bond acceptors (Lipinski definition) is 3. The van der Waals surface area contributed by atoms with Gasteiger partial charge in [-0.2, -0.15) is 0 Å². The molecular weight excluding hydrogens is 174 g/mol. The molecule has 72 valence electrons. The molecule has 2 heterocycles. The van der Waals surface area contributed by atoms with E-state index in [9.17, 15) is 9.59 Å². The maximum absolute atomic E-state index is 11.0. The van der Waals surface area contributed by atoms with Gasteiger partial charge in [-0.25, -0.2) is 4.79 Å². The largest absolute Gasteiger partial charge is 0.465 e. The summed E-state index contributed by atoms with van der Waals surface area (Å²) in [4.78, 5) is 22.8. The first kappa shape index (κ1) is 8.31. The third-order valence-corrected chi connectivity index (χ3v) is 2.41. The Hall–Kier alpha value is -1.30. The van der Waals surface area contributed by atoms with Crippen molar-refractivity contribution in [1.29, 1.82) is 0 Å². The van der Waals surface area contributed by atoms with Gasteiger partial charge < -0.3 is 20.6 Å². The molecule has 6 heteroatoms. The Bertz CT molecular complexity index is 260. The summed E-state index contributed by atoms with van der Waals surface area (Å²) in [7, 11) is 0. The average molecular weight is 185 g/mol. The molecule has 2 aliphatic heterocycles. The van der Waals surface area contributed by atoms with Crippen molar-refractivity contribution >= 4 is 12.0 Å². The highest BCUT2D eigenvalue weighted by Crippen LogP contribution is 2.21. The quantitative estimate of drug-likeness (QED) is 0.426. The van der Waals surface area contributed by atoms with Gasteiger partial charge in [-0.1, -0.05) is 0 Å². The van der Waals surface area contributed by atoms with Crippen LogP contribution in [0.2, 0.25) is 0 Å². The first-order valence-electron chi connectivity index (χ1n) is 4.11. The Kier molecular flexibility index (Phi) is 1.66. The van der Waals surface area contributed by atoms with Gasteiger partial charge in [0.1, 0.15) is 0 Å². The first-order chi connectivity index (χ1) is 6.11. The minimum Gasteiger partial charge on any atom is -0.465 e. The van der Waals surface area contributed by atoms with Gasteiger partial charge in [0.2, 0.25) is 5.91 Å². The van der Waals surface area contributed by atoms with Crippen LogP contribution < -0.4 is 10.6 Å². The zero-order valence-electron chi connectivity index (χ0n) is 7.04. The third kappa shape index (κ3) is 1.33. The van der Waals surface area contributed by atoms with E-state index in [4.69, 9.17) is 5.11 Å². The van der Waals surface area contributed by atoms with Crippen molar-refractivity contribution in [3.05, 3.63) is 0 Å². The summed E-state index contributed by atoms with van der Waals surface area (Å²) in [5, 5.41) is 14.4. The first-order valence-corrected chi connectivity index (χ1v) is 4.11. The molecule has 0 atom stereocenters. The SMILES string of the molecule is O=C1CNCC2(CN(C(=O)O)C2)N1. The highest BCUT2D eigenvalue weighted by molar-refractivity contribution is 5.80. The molecule has 6 nitrogen and oxygen atoms in total. The average Bonchev–Trinajstić information content (AvgIpc) is 1.99. The molecule has 0 aliphatic carbocycles. The molecule has 13 heavy (non-hydrogen) atoms. The van der Waals surface area contributed by atoms with Crippen LogP contribution in [0.3, 0.4) is 0 Å². The number of carboxylic acid groups (broad SMARTS) is 1. The molecule has 0 unspecified atom stereocenters.